The molecule has 152 valence electrons. The Morgan fingerprint density at radius 3 is 2.45 bits per heavy atom. The number of thioether (sulfide) groups is 1. The van der Waals surface area contributed by atoms with E-state index in [9.17, 15) is 18.5 Å². The number of carbonyl (C=O) groups is 1. The van der Waals surface area contributed by atoms with Gasteiger partial charge in [-0.15, -0.1) is 0 Å². The number of hydrogen-bond donors (Lipinski definition) is 1. The maximum Gasteiger partial charge on any atom is 0.335 e. The Hall–Kier alpha value is -1.86. The Labute approximate surface area is 176 Å². The molecule has 2 aromatic rings. The summed E-state index contributed by atoms with van der Waals surface area (Å²) in [6.45, 7) is 0. The molecule has 2 unspecified atom stereocenters. The number of carboxylic acids is 1. The highest BCUT2D eigenvalue weighted by Crippen LogP contribution is 2.59. The minimum atomic E-state index is -1.47. The van der Waals surface area contributed by atoms with Crippen molar-refractivity contribution in [3.63, 3.8) is 0 Å². The fraction of sp³-hybridized carbons (Fsp3) is 0.409. The zero-order valence-electron chi connectivity index (χ0n) is 15.8. The standard InChI is InChI=1S/C22H22FNO3S2/c23-16-4-6-17(7-5-16)29(27)24-19-8-3-15(21(25)26)13-18(19)22(9-11-28-12-10-22)20(24)14-1-2-14/h3-8,13-14,20H,1-2,9-12H2,(H,25,26). The SMILES string of the molecule is O=C(O)c1ccc2c(c1)C1(CCSCC1)C(C1CC1)N2S(=O)c1ccc(F)cc1. The topological polar surface area (TPSA) is 57.6 Å². The number of rotatable bonds is 4. The number of halogens is 1. The molecule has 1 aliphatic carbocycles. The number of fused-ring (bicyclic) bond motifs is 2. The van der Waals surface area contributed by atoms with E-state index < -0.39 is 17.0 Å². The molecule has 29 heavy (non-hydrogen) atoms. The van der Waals surface area contributed by atoms with Crippen molar-refractivity contribution in [2.24, 2.45) is 5.92 Å². The van der Waals surface area contributed by atoms with Crippen molar-refractivity contribution in [1.29, 1.82) is 0 Å². The predicted octanol–water partition coefficient (Wildman–Crippen LogP) is 4.61. The number of hydrogen-bond acceptors (Lipinski definition) is 3. The van der Waals surface area contributed by atoms with E-state index in [4.69, 9.17) is 0 Å². The van der Waals surface area contributed by atoms with Crippen LogP contribution < -0.4 is 4.31 Å². The van der Waals surface area contributed by atoms with Crippen LogP contribution in [0, 0.1) is 11.7 Å². The molecule has 0 aromatic heterocycles. The van der Waals surface area contributed by atoms with Crippen LogP contribution in [0.1, 0.15) is 41.6 Å². The molecule has 2 aliphatic heterocycles. The Morgan fingerprint density at radius 1 is 1.14 bits per heavy atom. The summed E-state index contributed by atoms with van der Waals surface area (Å²) < 4.78 is 29.1. The first kappa shape index (κ1) is 19.1. The molecule has 7 heteroatoms. The van der Waals surface area contributed by atoms with Crippen LogP contribution in [-0.4, -0.2) is 32.8 Å². The summed E-state index contributed by atoms with van der Waals surface area (Å²) in [6.07, 6.45) is 4.14. The van der Waals surface area contributed by atoms with Crippen LogP contribution in [0.3, 0.4) is 0 Å². The van der Waals surface area contributed by atoms with Gasteiger partial charge in [-0.2, -0.15) is 11.8 Å². The largest absolute Gasteiger partial charge is 0.478 e. The summed E-state index contributed by atoms with van der Waals surface area (Å²) >= 11 is 1.93. The summed E-state index contributed by atoms with van der Waals surface area (Å²) in [5.41, 5.74) is 2.03. The molecule has 3 aliphatic rings. The lowest BCUT2D eigenvalue weighted by atomic mass is 9.70. The summed E-state index contributed by atoms with van der Waals surface area (Å²) in [6, 6.07) is 11.2. The van der Waals surface area contributed by atoms with Crippen molar-refractivity contribution in [3.05, 3.63) is 59.4 Å². The average molecular weight is 432 g/mol. The van der Waals surface area contributed by atoms with Crippen LogP contribution in [0.5, 0.6) is 0 Å². The Bertz CT molecular complexity index is 984. The van der Waals surface area contributed by atoms with Crippen molar-refractivity contribution in [3.8, 4) is 0 Å². The molecule has 2 fully saturated rings. The Morgan fingerprint density at radius 2 is 1.83 bits per heavy atom. The van der Waals surface area contributed by atoms with Crippen molar-refractivity contribution in [1.82, 2.24) is 0 Å². The first-order valence-corrected chi connectivity index (χ1v) is 12.2. The van der Waals surface area contributed by atoms with E-state index in [1.807, 2.05) is 28.2 Å². The summed E-state index contributed by atoms with van der Waals surface area (Å²) in [7, 11) is -1.47. The van der Waals surface area contributed by atoms with Gasteiger partial charge in [0.1, 0.15) is 5.82 Å². The summed E-state index contributed by atoms with van der Waals surface area (Å²) in [4.78, 5) is 12.2. The molecule has 0 radical (unpaired) electrons. The molecule has 0 amide bonds. The smallest absolute Gasteiger partial charge is 0.335 e. The Balaban J connectivity index is 1.67. The van der Waals surface area contributed by atoms with Gasteiger partial charge in [-0.3, -0.25) is 4.31 Å². The van der Waals surface area contributed by atoms with Crippen molar-refractivity contribution in [2.75, 3.05) is 15.8 Å². The van der Waals surface area contributed by atoms with E-state index in [1.165, 1.54) is 12.1 Å². The van der Waals surface area contributed by atoms with Gasteiger partial charge in [0.15, 0.2) is 11.0 Å². The second-order valence-electron chi connectivity index (χ2n) is 8.12. The monoisotopic (exact) mass is 431 g/mol. The van der Waals surface area contributed by atoms with Crippen LogP contribution in [0.25, 0.3) is 0 Å². The molecule has 1 N–H and O–H groups in total. The maximum absolute atomic E-state index is 13.7. The molecule has 2 aromatic carbocycles. The second-order valence-corrected chi connectivity index (χ2v) is 10.7. The molecule has 1 saturated heterocycles. The normalized spacial score (nSPS) is 23.8. The quantitative estimate of drug-likeness (QED) is 0.768. The van der Waals surface area contributed by atoms with Gasteiger partial charge in [0.2, 0.25) is 0 Å². The lowest BCUT2D eigenvalue weighted by molar-refractivity contribution is 0.0696. The third-order valence-corrected chi connectivity index (χ3v) is 8.93. The van der Waals surface area contributed by atoms with Gasteiger partial charge in [0, 0.05) is 5.41 Å². The van der Waals surface area contributed by atoms with E-state index in [0.717, 1.165) is 48.4 Å². The molecular weight excluding hydrogens is 409 g/mol. The van der Waals surface area contributed by atoms with E-state index >= 15 is 0 Å². The van der Waals surface area contributed by atoms with E-state index in [-0.39, 0.29) is 22.8 Å². The van der Waals surface area contributed by atoms with E-state index in [1.54, 1.807) is 18.2 Å². The predicted molar refractivity (Wildman–Crippen MR) is 113 cm³/mol. The van der Waals surface area contributed by atoms with Gasteiger partial charge in [0.25, 0.3) is 0 Å². The lowest BCUT2D eigenvalue weighted by Gasteiger charge is -2.41. The zero-order valence-corrected chi connectivity index (χ0v) is 17.5. The minimum absolute atomic E-state index is 0.0910. The average Bonchev–Trinajstić information content (AvgIpc) is 3.53. The summed E-state index contributed by atoms with van der Waals surface area (Å²) in [5.74, 6) is 1.23. The number of nitrogens with zero attached hydrogens (tertiary/aromatic N) is 1. The second kappa shape index (κ2) is 7.13. The van der Waals surface area contributed by atoms with Crippen LogP contribution in [0.2, 0.25) is 0 Å². The maximum atomic E-state index is 13.7. The van der Waals surface area contributed by atoms with Gasteiger partial charge in [-0.25, -0.2) is 13.4 Å². The van der Waals surface area contributed by atoms with E-state index in [0.29, 0.717) is 10.8 Å². The molecule has 5 rings (SSSR count). The van der Waals surface area contributed by atoms with Crippen LogP contribution >= 0.6 is 11.8 Å². The fourth-order valence-electron chi connectivity index (χ4n) is 5.01. The first-order chi connectivity index (χ1) is 14.0. The van der Waals surface area contributed by atoms with Gasteiger partial charge >= 0.3 is 5.97 Å². The van der Waals surface area contributed by atoms with Crippen LogP contribution in [-0.2, 0) is 16.4 Å². The first-order valence-electron chi connectivity index (χ1n) is 9.93. The summed E-state index contributed by atoms with van der Waals surface area (Å²) in [5, 5.41) is 9.56. The van der Waals surface area contributed by atoms with E-state index in [2.05, 4.69) is 0 Å². The highest BCUT2D eigenvalue weighted by molar-refractivity contribution is 7.99. The lowest BCUT2D eigenvalue weighted by Crippen LogP contribution is -2.49. The number of aromatic carboxylic acids is 1. The third kappa shape index (κ3) is 3.10. The van der Waals surface area contributed by atoms with Gasteiger partial charge in [0.05, 0.1) is 22.2 Å². The Kier molecular flexibility index (Phi) is 4.70. The highest BCUT2D eigenvalue weighted by atomic mass is 32.2. The van der Waals surface area contributed by atoms with Gasteiger partial charge in [-0.1, -0.05) is 0 Å². The zero-order chi connectivity index (χ0) is 20.2. The number of anilines is 1. The van der Waals surface area contributed by atoms with Crippen LogP contribution in [0.4, 0.5) is 10.1 Å². The van der Waals surface area contributed by atoms with Crippen molar-refractivity contribution < 1.29 is 18.5 Å². The molecule has 1 saturated carbocycles. The van der Waals surface area contributed by atoms with Crippen molar-refractivity contribution in [2.45, 2.75) is 42.0 Å². The van der Waals surface area contributed by atoms with Crippen molar-refractivity contribution >= 4 is 34.4 Å². The molecule has 2 atom stereocenters. The fourth-order valence-corrected chi connectivity index (χ4v) is 7.74. The van der Waals surface area contributed by atoms with Crippen LogP contribution in [0.15, 0.2) is 47.4 Å². The van der Waals surface area contributed by atoms with Gasteiger partial charge < -0.3 is 5.11 Å². The highest BCUT2D eigenvalue weighted by Gasteiger charge is 2.58. The molecular formula is C22H22FNO3S2. The number of benzene rings is 2. The molecule has 4 nitrogen and oxygen atoms in total. The molecule has 1 spiro atoms. The molecule has 2 heterocycles. The minimum Gasteiger partial charge on any atom is -0.478 e. The third-order valence-electron chi connectivity index (χ3n) is 6.48. The van der Waals surface area contributed by atoms with Gasteiger partial charge in [-0.05, 0) is 91.1 Å². The number of carboxylic acid groups (broad SMARTS) is 1. The molecule has 0 bridgehead atoms.